The molecule has 29 heavy (non-hydrogen) atoms. The zero-order valence-corrected chi connectivity index (χ0v) is 17.8. The molecule has 0 aliphatic rings. The fourth-order valence-corrected chi connectivity index (χ4v) is 7.02. The molecule has 0 amide bonds. The Labute approximate surface area is 174 Å². The van der Waals surface area contributed by atoms with E-state index in [2.05, 4.69) is 129 Å². The van der Waals surface area contributed by atoms with Crippen LogP contribution < -0.4 is 20.4 Å². The molecule has 0 aliphatic carbocycles. The molecule has 0 bridgehead atoms. The van der Waals surface area contributed by atoms with Crippen molar-refractivity contribution in [1.29, 1.82) is 0 Å². The van der Waals surface area contributed by atoms with Gasteiger partial charge in [-0.15, -0.1) is 0 Å². The third-order valence-corrected chi connectivity index (χ3v) is 8.71. The van der Waals surface area contributed by atoms with Gasteiger partial charge in [-0.25, -0.2) is 0 Å². The number of benzene rings is 4. The lowest BCUT2D eigenvalue weighted by atomic mass is 10.0. The molecule has 0 radical (unpaired) electrons. The maximum atomic E-state index is 7.01. The Morgan fingerprint density at radius 3 is 1.24 bits per heavy atom. The quantitative estimate of drug-likeness (QED) is 0.357. The van der Waals surface area contributed by atoms with Gasteiger partial charge in [-0.3, -0.25) is 0 Å². The second kappa shape index (κ2) is 8.64. The van der Waals surface area contributed by atoms with E-state index in [0.717, 1.165) is 5.75 Å². The van der Waals surface area contributed by atoms with Crippen LogP contribution in [0.3, 0.4) is 0 Å². The van der Waals surface area contributed by atoms with Gasteiger partial charge in [0.25, 0.3) is 7.49 Å². The Morgan fingerprint density at radius 2 is 0.897 bits per heavy atom. The molecule has 0 unspecified atom stereocenters. The first-order valence-corrected chi connectivity index (χ1v) is 11.8. The van der Waals surface area contributed by atoms with Gasteiger partial charge in [0, 0.05) is 0 Å². The van der Waals surface area contributed by atoms with Crippen LogP contribution in [0.25, 0.3) is 0 Å². The van der Waals surface area contributed by atoms with Crippen LogP contribution in [0.2, 0.25) is 0 Å². The minimum Gasteiger partial charge on any atom is -0.334 e. The first-order valence-electron chi connectivity index (χ1n) is 10.1. The Kier molecular flexibility index (Phi) is 5.79. The van der Waals surface area contributed by atoms with Gasteiger partial charge < -0.3 is 4.52 Å². The Hall–Kier alpha value is -2.89. The van der Waals surface area contributed by atoms with Crippen LogP contribution in [-0.4, -0.2) is 0 Å². The first-order chi connectivity index (χ1) is 14.2. The highest BCUT2D eigenvalue weighted by Crippen LogP contribution is 2.56. The van der Waals surface area contributed by atoms with Gasteiger partial charge >= 0.3 is 0 Å². The summed E-state index contributed by atoms with van der Waals surface area (Å²) in [5.74, 6) is 1.40. The summed E-state index contributed by atoms with van der Waals surface area (Å²) in [5, 5.41) is 3.64. The van der Waals surface area contributed by atoms with E-state index in [0.29, 0.717) is 5.92 Å². The fraction of sp³-hybridized carbons (Fsp3) is 0.111. The molecule has 0 saturated carbocycles. The van der Waals surface area contributed by atoms with Crippen LogP contribution in [0, 0.1) is 0 Å². The normalized spacial score (nSPS) is 11.4. The molecule has 2 heteroatoms. The van der Waals surface area contributed by atoms with Gasteiger partial charge in [0.1, 0.15) is 15.9 Å². The second-order valence-electron chi connectivity index (χ2n) is 7.43. The maximum Gasteiger partial charge on any atom is 0.287 e. The minimum absolute atomic E-state index is 0.501. The molecule has 0 heterocycles. The summed E-state index contributed by atoms with van der Waals surface area (Å²) < 4.78 is 7.01. The van der Waals surface area contributed by atoms with Crippen LogP contribution in [0.5, 0.6) is 5.75 Å². The highest BCUT2D eigenvalue weighted by molar-refractivity contribution is 7.92. The first kappa shape index (κ1) is 19.4. The Morgan fingerprint density at radius 1 is 0.517 bits per heavy atom. The zero-order valence-electron chi connectivity index (χ0n) is 16.9. The third kappa shape index (κ3) is 3.97. The molecule has 0 saturated heterocycles. The molecule has 144 valence electrons. The van der Waals surface area contributed by atoms with Crippen LogP contribution >= 0.6 is 7.49 Å². The van der Waals surface area contributed by atoms with E-state index in [9.17, 15) is 0 Å². The van der Waals surface area contributed by atoms with Gasteiger partial charge in [0.05, 0.1) is 0 Å². The molecule has 0 aliphatic heterocycles. The Bertz CT molecular complexity index is 929. The lowest BCUT2D eigenvalue weighted by molar-refractivity contribution is 0.619. The highest BCUT2D eigenvalue weighted by Gasteiger charge is 2.49. The molecule has 0 N–H and O–H groups in total. The van der Waals surface area contributed by atoms with E-state index >= 15 is 0 Å². The van der Waals surface area contributed by atoms with Crippen molar-refractivity contribution in [2.45, 2.75) is 19.8 Å². The van der Waals surface area contributed by atoms with E-state index in [4.69, 9.17) is 4.52 Å². The molecule has 0 fully saturated rings. The summed E-state index contributed by atoms with van der Waals surface area (Å²) in [6.07, 6.45) is 0. The fourth-order valence-electron chi connectivity index (χ4n) is 3.59. The van der Waals surface area contributed by atoms with Crippen molar-refractivity contribution in [1.82, 2.24) is 0 Å². The van der Waals surface area contributed by atoms with Crippen molar-refractivity contribution >= 4 is 23.4 Å². The standard InChI is InChI=1S/C27H26OP/c1-22(2)23-18-20-24(21-19-23)28-29(25-12-6-3-7-13-25,26-14-8-4-9-15-26)27-16-10-5-11-17-27/h3-22H,1-2H3/q+1. The predicted molar refractivity (Wildman–Crippen MR) is 126 cm³/mol. The summed E-state index contributed by atoms with van der Waals surface area (Å²) >= 11 is 0. The van der Waals surface area contributed by atoms with Crippen LogP contribution in [0.4, 0.5) is 0 Å². The van der Waals surface area contributed by atoms with Gasteiger partial charge in [-0.05, 0) is 60.0 Å². The molecule has 0 aromatic heterocycles. The summed E-state index contributed by atoms with van der Waals surface area (Å²) in [4.78, 5) is 0. The summed E-state index contributed by atoms with van der Waals surface area (Å²) in [5.41, 5.74) is 1.32. The van der Waals surface area contributed by atoms with E-state index in [1.54, 1.807) is 0 Å². The lowest BCUT2D eigenvalue weighted by Gasteiger charge is -2.26. The van der Waals surface area contributed by atoms with Crippen LogP contribution in [0.15, 0.2) is 115 Å². The largest absolute Gasteiger partial charge is 0.334 e. The molecule has 1 nitrogen and oxygen atoms in total. The third-order valence-electron chi connectivity index (χ3n) is 5.15. The average Bonchev–Trinajstić information content (AvgIpc) is 2.79. The highest BCUT2D eigenvalue weighted by atomic mass is 31.2. The SMILES string of the molecule is CC(C)c1ccc(O[P+](c2ccccc2)(c2ccccc2)c2ccccc2)cc1. The number of rotatable bonds is 6. The maximum absolute atomic E-state index is 7.01. The van der Waals surface area contributed by atoms with E-state index < -0.39 is 7.49 Å². The molecule has 4 aromatic rings. The van der Waals surface area contributed by atoms with E-state index in [1.807, 2.05) is 0 Å². The van der Waals surface area contributed by atoms with Crippen molar-refractivity contribution in [3.8, 4) is 5.75 Å². The smallest absolute Gasteiger partial charge is 0.287 e. The summed E-state index contributed by atoms with van der Waals surface area (Å²) in [6.45, 7) is 4.43. The second-order valence-corrected chi connectivity index (χ2v) is 10.4. The topological polar surface area (TPSA) is 9.23 Å². The Balaban J connectivity index is 1.92. The summed E-state index contributed by atoms with van der Waals surface area (Å²) in [7, 11) is -2.31. The minimum atomic E-state index is -2.31. The molecular formula is C27H26OP+. The number of hydrogen-bond donors (Lipinski definition) is 0. The molecule has 0 spiro atoms. The van der Waals surface area contributed by atoms with Gasteiger partial charge in [-0.1, -0.05) is 80.6 Å². The summed E-state index contributed by atoms with van der Waals surface area (Å²) in [6, 6.07) is 40.5. The van der Waals surface area contributed by atoms with Gasteiger partial charge in [0.15, 0.2) is 5.75 Å². The van der Waals surface area contributed by atoms with Gasteiger partial charge in [0.2, 0.25) is 0 Å². The van der Waals surface area contributed by atoms with E-state index in [1.165, 1.54) is 21.5 Å². The average molecular weight is 397 g/mol. The monoisotopic (exact) mass is 397 g/mol. The van der Waals surface area contributed by atoms with Crippen molar-refractivity contribution in [2.24, 2.45) is 0 Å². The van der Waals surface area contributed by atoms with Crippen LogP contribution in [0.1, 0.15) is 25.3 Å². The van der Waals surface area contributed by atoms with Crippen molar-refractivity contribution in [3.05, 3.63) is 121 Å². The number of hydrogen-bond acceptors (Lipinski definition) is 1. The molecular weight excluding hydrogens is 371 g/mol. The van der Waals surface area contributed by atoms with Crippen LogP contribution in [-0.2, 0) is 0 Å². The van der Waals surface area contributed by atoms with Crippen molar-refractivity contribution < 1.29 is 4.52 Å². The predicted octanol–water partition coefficient (Wildman–Crippen LogP) is 6.10. The van der Waals surface area contributed by atoms with Crippen molar-refractivity contribution in [2.75, 3.05) is 0 Å². The van der Waals surface area contributed by atoms with E-state index in [-0.39, 0.29) is 0 Å². The zero-order chi connectivity index (χ0) is 20.1. The van der Waals surface area contributed by atoms with Crippen molar-refractivity contribution in [3.63, 3.8) is 0 Å². The molecule has 4 rings (SSSR count). The lowest BCUT2D eigenvalue weighted by Crippen LogP contribution is -2.34. The molecule has 4 aromatic carbocycles. The van der Waals surface area contributed by atoms with Gasteiger partial charge in [-0.2, -0.15) is 0 Å². The molecule has 0 atom stereocenters.